The summed E-state index contributed by atoms with van der Waals surface area (Å²) in [6.45, 7) is 1.11. The van der Waals surface area contributed by atoms with Gasteiger partial charge in [0.15, 0.2) is 0 Å². The van der Waals surface area contributed by atoms with Crippen molar-refractivity contribution in [2.75, 3.05) is 0 Å². The van der Waals surface area contributed by atoms with Crippen LogP contribution in [0.25, 0.3) is 0 Å². The first kappa shape index (κ1) is 21.3. The molecule has 24 heavy (non-hydrogen) atoms. The van der Waals surface area contributed by atoms with E-state index >= 15 is 0 Å². The van der Waals surface area contributed by atoms with Crippen LogP contribution >= 0.6 is 0 Å². The van der Waals surface area contributed by atoms with Crippen LogP contribution < -0.4 is 16.4 Å². The lowest BCUT2D eigenvalue weighted by Gasteiger charge is -2.24. The van der Waals surface area contributed by atoms with Crippen LogP contribution in [0.2, 0.25) is 0 Å². The van der Waals surface area contributed by atoms with Gasteiger partial charge in [0.2, 0.25) is 11.8 Å². The van der Waals surface area contributed by atoms with Gasteiger partial charge in [-0.25, -0.2) is 4.79 Å². The van der Waals surface area contributed by atoms with E-state index in [0.29, 0.717) is 0 Å². The maximum atomic E-state index is 12.0. The Kier molecular flexibility index (Phi) is 8.35. The third-order valence-electron chi connectivity index (χ3n) is 2.79. The van der Waals surface area contributed by atoms with Crippen molar-refractivity contribution in [1.29, 1.82) is 0 Å². The molecule has 0 aliphatic rings. The highest BCUT2D eigenvalue weighted by Crippen LogP contribution is 2.00. The molecule has 0 rings (SSSR count). The van der Waals surface area contributed by atoms with Crippen molar-refractivity contribution in [2.24, 2.45) is 5.73 Å². The molecule has 4 atom stereocenters. The third-order valence-corrected chi connectivity index (χ3v) is 2.79. The molecule has 0 aromatic rings. The van der Waals surface area contributed by atoms with E-state index in [9.17, 15) is 29.1 Å². The lowest BCUT2D eigenvalue weighted by atomic mass is 10.1. The molecule has 0 radical (unpaired) electrons. The highest BCUT2D eigenvalue weighted by molar-refractivity contribution is 5.94. The van der Waals surface area contributed by atoms with Gasteiger partial charge in [0.05, 0.1) is 25.0 Å². The van der Waals surface area contributed by atoms with E-state index in [4.69, 9.17) is 21.1 Å². The maximum absolute atomic E-state index is 12.0. The number of carboxylic acid groups (broad SMARTS) is 3. The van der Waals surface area contributed by atoms with Gasteiger partial charge in [-0.3, -0.25) is 19.2 Å². The number of nitrogens with two attached hydrogens (primary N) is 1. The molecular formula is C12H19N3O9. The number of carbonyl (C=O) groups is 5. The van der Waals surface area contributed by atoms with Crippen molar-refractivity contribution in [1.82, 2.24) is 10.6 Å². The standard InChI is InChI=1S/C12H19N3O9/c1-4(16)9(15-10(21)5(13)2-7(17)18)11(22)14-6(12(23)24)3-8(19)20/h4-6,9,16H,2-3,13H2,1H3,(H,14,22)(H,15,21)(H,17,18)(H,19,20)(H,23,24). The van der Waals surface area contributed by atoms with Gasteiger partial charge in [0.25, 0.3) is 0 Å². The molecular weight excluding hydrogens is 330 g/mol. The van der Waals surface area contributed by atoms with E-state index in [0.717, 1.165) is 6.92 Å². The Morgan fingerprint density at radius 3 is 1.79 bits per heavy atom. The number of rotatable bonds is 10. The summed E-state index contributed by atoms with van der Waals surface area (Å²) in [5.74, 6) is -6.67. The average molecular weight is 349 g/mol. The Hall–Kier alpha value is -2.73. The lowest BCUT2D eigenvalue weighted by molar-refractivity contribution is -0.148. The van der Waals surface area contributed by atoms with Crippen molar-refractivity contribution >= 4 is 29.7 Å². The summed E-state index contributed by atoms with van der Waals surface area (Å²) in [6.07, 6.45) is -3.12. The van der Waals surface area contributed by atoms with Crippen molar-refractivity contribution in [2.45, 2.75) is 44.0 Å². The minimum atomic E-state index is -1.78. The van der Waals surface area contributed by atoms with E-state index in [1.54, 1.807) is 0 Å². The number of aliphatic carboxylic acids is 3. The van der Waals surface area contributed by atoms with Gasteiger partial charge in [0.1, 0.15) is 12.1 Å². The molecule has 0 aromatic carbocycles. The van der Waals surface area contributed by atoms with Gasteiger partial charge in [0, 0.05) is 0 Å². The zero-order valence-electron chi connectivity index (χ0n) is 12.6. The van der Waals surface area contributed by atoms with Gasteiger partial charge in [-0.2, -0.15) is 0 Å². The molecule has 2 amide bonds. The Balaban J connectivity index is 5.00. The Bertz CT molecular complexity index is 520. The lowest BCUT2D eigenvalue weighted by Crippen LogP contribution is -2.58. The molecule has 0 spiro atoms. The van der Waals surface area contributed by atoms with E-state index < -0.39 is 66.8 Å². The summed E-state index contributed by atoms with van der Waals surface area (Å²) in [5.41, 5.74) is 5.30. The van der Waals surface area contributed by atoms with Gasteiger partial charge < -0.3 is 36.8 Å². The van der Waals surface area contributed by atoms with Gasteiger partial charge in [-0.05, 0) is 6.92 Å². The normalized spacial score (nSPS) is 15.5. The van der Waals surface area contributed by atoms with Crippen LogP contribution in [0.5, 0.6) is 0 Å². The summed E-state index contributed by atoms with van der Waals surface area (Å²) >= 11 is 0. The first-order valence-electron chi connectivity index (χ1n) is 6.66. The fraction of sp³-hybridized carbons (Fsp3) is 0.583. The molecule has 0 aliphatic heterocycles. The third kappa shape index (κ3) is 7.51. The molecule has 0 heterocycles. The largest absolute Gasteiger partial charge is 0.481 e. The number of carboxylic acids is 3. The predicted molar refractivity (Wildman–Crippen MR) is 75.7 cm³/mol. The number of hydrogen-bond donors (Lipinski definition) is 7. The minimum Gasteiger partial charge on any atom is -0.481 e. The van der Waals surface area contributed by atoms with Crippen LogP contribution in [0.3, 0.4) is 0 Å². The molecule has 8 N–H and O–H groups in total. The second-order valence-electron chi connectivity index (χ2n) is 4.93. The highest BCUT2D eigenvalue weighted by atomic mass is 16.4. The zero-order chi connectivity index (χ0) is 19.0. The Morgan fingerprint density at radius 1 is 0.917 bits per heavy atom. The molecule has 4 unspecified atom stereocenters. The number of aliphatic hydroxyl groups excluding tert-OH is 1. The van der Waals surface area contributed by atoms with Gasteiger partial charge in [-0.1, -0.05) is 0 Å². The van der Waals surface area contributed by atoms with Crippen molar-refractivity contribution in [3.05, 3.63) is 0 Å². The Morgan fingerprint density at radius 2 is 1.42 bits per heavy atom. The van der Waals surface area contributed by atoms with Crippen molar-refractivity contribution < 1.29 is 44.4 Å². The number of aliphatic hydroxyl groups is 1. The van der Waals surface area contributed by atoms with E-state index in [2.05, 4.69) is 0 Å². The molecule has 12 nitrogen and oxygen atoms in total. The molecule has 0 saturated heterocycles. The summed E-state index contributed by atoms with van der Waals surface area (Å²) in [4.78, 5) is 55.6. The molecule has 0 bridgehead atoms. The smallest absolute Gasteiger partial charge is 0.326 e. The first-order valence-corrected chi connectivity index (χ1v) is 6.66. The van der Waals surface area contributed by atoms with Crippen LogP contribution in [-0.2, 0) is 24.0 Å². The van der Waals surface area contributed by atoms with Crippen molar-refractivity contribution in [3.8, 4) is 0 Å². The molecule has 12 heteroatoms. The van der Waals surface area contributed by atoms with Crippen molar-refractivity contribution in [3.63, 3.8) is 0 Å². The molecule has 0 fully saturated rings. The number of carbonyl (C=O) groups excluding carboxylic acids is 2. The maximum Gasteiger partial charge on any atom is 0.326 e. The Labute approximate surface area is 135 Å². The van der Waals surface area contributed by atoms with Crippen LogP contribution in [0, 0.1) is 0 Å². The number of nitrogens with one attached hydrogen (secondary N) is 2. The summed E-state index contributed by atoms with van der Waals surface area (Å²) < 4.78 is 0. The summed E-state index contributed by atoms with van der Waals surface area (Å²) in [7, 11) is 0. The first-order chi connectivity index (χ1) is 11.0. The van der Waals surface area contributed by atoms with Crippen LogP contribution in [-0.4, -0.2) is 74.4 Å². The quantitative estimate of drug-likeness (QED) is 0.208. The second kappa shape index (κ2) is 9.42. The van der Waals surface area contributed by atoms with E-state index in [1.807, 2.05) is 10.6 Å². The van der Waals surface area contributed by atoms with Crippen LogP contribution in [0.1, 0.15) is 19.8 Å². The predicted octanol–water partition coefficient (Wildman–Crippen LogP) is -3.30. The fourth-order valence-corrected chi connectivity index (χ4v) is 1.58. The molecule has 0 aliphatic carbocycles. The second-order valence-corrected chi connectivity index (χ2v) is 4.93. The SMILES string of the molecule is CC(O)C(NC(=O)C(N)CC(=O)O)C(=O)NC(CC(=O)O)C(=O)O. The van der Waals surface area contributed by atoms with E-state index in [1.165, 1.54) is 0 Å². The average Bonchev–Trinajstić information content (AvgIpc) is 2.41. The molecule has 0 aromatic heterocycles. The number of hydrogen-bond acceptors (Lipinski definition) is 7. The molecule has 0 saturated carbocycles. The summed E-state index contributed by atoms with van der Waals surface area (Å²) in [6, 6.07) is -4.92. The van der Waals surface area contributed by atoms with Gasteiger partial charge >= 0.3 is 17.9 Å². The van der Waals surface area contributed by atoms with Crippen LogP contribution in [0.15, 0.2) is 0 Å². The highest BCUT2D eigenvalue weighted by Gasteiger charge is 2.32. The van der Waals surface area contributed by atoms with Gasteiger partial charge in [-0.15, -0.1) is 0 Å². The minimum absolute atomic E-state index is 0.725. The van der Waals surface area contributed by atoms with E-state index in [-0.39, 0.29) is 0 Å². The molecule has 136 valence electrons. The number of amides is 2. The fourth-order valence-electron chi connectivity index (χ4n) is 1.58. The zero-order valence-corrected chi connectivity index (χ0v) is 12.6. The topological polar surface area (TPSA) is 216 Å². The van der Waals surface area contributed by atoms with Crippen LogP contribution in [0.4, 0.5) is 0 Å². The summed E-state index contributed by atoms with van der Waals surface area (Å²) in [5, 5.41) is 39.4. The monoisotopic (exact) mass is 349 g/mol.